The standard InChI is InChI=1S/C21H33N3O4/c1-4-23(15-20(25)26)18-9-12-24(13-10-18)21(27)22-11-6-14-28-19-8-5-7-16(2)17(19)3/h5,7-8,18H,4,6,9-15H2,1-3H3,(H,22,27)(H,25,26). The molecule has 1 aliphatic rings. The number of benzene rings is 1. The molecule has 0 aromatic heterocycles. The Bertz CT molecular complexity index is 657. The number of amides is 2. The molecule has 2 amide bonds. The zero-order valence-electron chi connectivity index (χ0n) is 17.2. The Balaban J connectivity index is 1.65. The summed E-state index contributed by atoms with van der Waals surface area (Å²) in [5.74, 6) is 0.0975. The molecule has 0 radical (unpaired) electrons. The molecule has 0 aliphatic carbocycles. The maximum atomic E-state index is 12.3. The first-order valence-corrected chi connectivity index (χ1v) is 10.1. The lowest BCUT2D eigenvalue weighted by Gasteiger charge is -2.37. The van der Waals surface area contributed by atoms with Gasteiger partial charge in [0.1, 0.15) is 5.75 Å². The molecule has 0 unspecified atom stereocenters. The minimum absolute atomic E-state index is 0.0496. The smallest absolute Gasteiger partial charge is 0.317 e. The molecule has 156 valence electrons. The first-order chi connectivity index (χ1) is 13.4. The summed E-state index contributed by atoms with van der Waals surface area (Å²) in [4.78, 5) is 27.1. The molecule has 2 N–H and O–H groups in total. The van der Waals surface area contributed by atoms with Crippen molar-refractivity contribution in [3.63, 3.8) is 0 Å². The molecule has 0 spiro atoms. The van der Waals surface area contributed by atoms with Gasteiger partial charge in [-0.15, -0.1) is 0 Å². The van der Waals surface area contributed by atoms with Crippen LogP contribution >= 0.6 is 0 Å². The number of likely N-dealkylation sites (tertiary alicyclic amines) is 1. The highest BCUT2D eigenvalue weighted by Crippen LogP contribution is 2.20. The highest BCUT2D eigenvalue weighted by molar-refractivity contribution is 5.74. The average molecular weight is 392 g/mol. The minimum atomic E-state index is -0.801. The van der Waals surface area contributed by atoms with E-state index in [0.717, 1.165) is 30.6 Å². The molecule has 0 saturated carbocycles. The summed E-state index contributed by atoms with van der Waals surface area (Å²) in [6.45, 7) is 9.31. The third-order valence-electron chi connectivity index (χ3n) is 5.42. The van der Waals surface area contributed by atoms with Crippen LogP contribution in [0.1, 0.15) is 37.3 Å². The molecule has 1 aliphatic heterocycles. The van der Waals surface area contributed by atoms with Gasteiger partial charge in [0.2, 0.25) is 0 Å². The van der Waals surface area contributed by atoms with E-state index in [4.69, 9.17) is 9.84 Å². The molecule has 7 nitrogen and oxygen atoms in total. The second-order valence-electron chi connectivity index (χ2n) is 7.31. The second-order valence-corrected chi connectivity index (χ2v) is 7.31. The normalized spacial score (nSPS) is 14.9. The summed E-state index contributed by atoms with van der Waals surface area (Å²) in [6, 6.07) is 6.20. The van der Waals surface area contributed by atoms with Gasteiger partial charge in [-0.1, -0.05) is 19.1 Å². The third-order valence-corrected chi connectivity index (χ3v) is 5.42. The maximum absolute atomic E-state index is 12.3. The number of carbonyl (C=O) groups is 2. The number of hydrogen-bond acceptors (Lipinski definition) is 4. The van der Waals surface area contributed by atoms with Crippen molar-refractivity contribution in [2.45, 2.75) is 46.1 Å². The number of likely N-dealkylation sites (N-methyl/N-ethyl adjacent to an activating group) is 1. The Hall–Kier alpha value is -2.28. The highest BCUT2D eigenvalue weighted by Gasteiger charge is 2.27. The van der Waals surface area contributed by atoms with Crippen molar-refractivity contribution >= 4 is 12.0 Å². The van der Waals surface area contributed by atoms with Crippen molar-refractivity contribution in [2.24, 2.45) is 0 Å². The first kappa shape index (κ1) is 22.0. The summed E-state index contributed by atoms with van der Waals surface area (Å²) >= 11 is 0. The van der Waals surface area contributed by atoms with Crippen LogP contribution in [0.3, 0.4) is 0 Å². The molecular weight excluding hydrogens is 358 g/mol. The molecule has 0 bridgehead atoms. The van der Waals surface area contributed by atoms with Gasteiger partial charge < -0.3 is 20.1 Å². The van der Waals surface area contributed by atoms with Crippen LogP contribution in [-0.4, -0.2) is 72.3 Å². The molecule has 1 saturated heterocycles. The number of ether oxygens (including phenoxy) is 1. The van der Waals surface area contributed by atoms with Crippen LogP contribution in [0.5, 0.6) is 5.75 Å². The molecule has 7 heteroatoms. The first-order valence-electron chi connectivity index (χ1n) is 10.1. The maximum Gasteiger partial charge on any atom is 0.317 e. The van der Waals surface area contributed by atoms with Crippen LogP contribution in [0.2, 0.25) is 0 Å². The Morgan fingerprint density at radius 1 is 1.29 bits per heavy atom. The van der Waals surface area contributed by atoms with Gasteiger partial charge in [-0.2, -0.15) is 0 Å². The summed E-state index contributed by atoms with van der Waals surface area (Å²) in [5, 5.41) is 12.0. The molecular formula is C21H33N3O4. The number of hydrogen-bond donors (Lipinski definition) is 2. The Labute approximate surface area is 167 Å². The highest BCUT2D eigenvalue weighted by atomic mass is 16.5. The number of nitrogens with zero attached hydrogens (tertiary/aromatic N) is 2. The van der Waals surface area contributed by atoms with E-state index in [1.807, 2.05) is 35.8 Å². The number of piperidine rings is 1. The lowest BCUT2D eigenvalue weighted by molar-refractivity contribution is -0.139. The van der Waals surface area contributed by atoms with Crippen LogP contribution in [-0.2, 0) is 4.79 Å². The van der Waals surface area contributed by atoms with Crippen molar-refractivity contribution in [1.29, 1.82) is 0 Å². The number of carboxylic acids is 1. The van der Waals surface area contributed by atoms with Crippen LogP contribution < -0.4 is 10.1 Å². The van der Waals surface area contributed by atoms with Gasteiger partial charge in [0, 0.05) is 25.7 Å². The summed E-state index contributed by atoms with van der Waals surface area (Å²) in [6.07, 6.45) is 2.37. The van der Waals surface area contributed by atoms with E-state index in [9.17, 15) is 9.59 Å². The van der Waals surface area contributed by atoms with Crippen molar-refractivity contribution < 1.29 is 19.4 Å². The topological polar surface area (TPSA) is 82.1 Å². The fourth-order valence-electron chi connectivity index (χ4n) is 3.55. The molecule has 1 heterocycles. The van der Waals surface area contributed by atoms with Gasteiger partial charge in [0.05, 0.1) is 13.2 Å². The molecule has 28 heavy (non-hydrogen) atoms. The average Bonchev–Trinajstić information content (AvgIpc) is 2.68. The number of aryl methyl sites for hydroxylation is 1. The predicted octanol–water partition coefficient (Wildman–Crippen LogP) is 2.65. The van der Waals surface area contributed by atoms with E-state index in [1.54, 1.807) is 0 Å². The van der Waals surface area contributed by atoms with Crippen LogP contribution in [0.15, 0.2) is 18.2 Å². The van der Waals surface area contributed by atoms with E-state index in [0.29, 0.717) is 32.8 Å². The predicted molar refractivity (Wildman–Crippen MR) is 109 cm³/mol. The number of urea groups is 1. The number of nitrogens with one attached hydrogen (secondary N) is 1. The van der Waals surface area contributed by atoms with Gasteiger partial charge in [0.25, 0.3) is 0 Å². The van der Waals surface area contributed by atoms with Crippen LogP contribution in [0.25, 0.3) is 0 Å². The largest absolute Gasteiger partial charge is 0.493 e. The van der Waals surface area contributed by atoms with E-state index >= 15 is 0 Å². The van der Waals surface area contributed by atoms with Gasteiger partial charge in [-0.3, -0.25) is 9.69 Å². The van der Waals surface area contributed by atoms with E-state index in [1.165, 1.54) is 5.56 Å². The SMILES string of the molecule is CCN(CC(=O)O)C1CCN(C(=O)NCCCOc2cccc(C)c2C)CC1. The zero-order chi connectivity index (χ0) is 20.5. The third kappa shape index (κ3) is 6.41. The monoisotopic (exact) mass is 391 g/mol. The summed E-state index contributed by atoms with van der Waals surface area (Å²) in [5.41, 5.74) is 2.36. The number of aliphatic carboxylic acids is 1. The van der Waals surface area contributed by atoms with E-state index in [2.05, 4.69) is 18.3 Å². The molecule has 1 fully saturated rings. The number of carboxylic acid groups (broad SMARTS) is 1. The van der Waals surface area contributed by atoms with Crippen molar-refractivity contribution in [3.8, 4) is 5.75 Å². The zero-order valence-corrected chi connectivity index (χ0v) is 17.2. The second kappa shape index (κ2) is 10.9. The Morgan fingerprint density at radius 2 is 2.00 bits per heavy atom. The van der Waals surface area contributed by atoms with Crippen molar-refractivity contribution in [2.75, 3.05) is 39.3 Å². The van der Waals surface area contributed by atoms with Crippen LogP contribution in [0, 0.1) is 13.8 Å². The molecule has 1 aromatic carbocycles. The van der Waals surface area contributed by atoms with Gasteiger partial charge in [-0.25, -0.2) is 4.79 Å². The minimum Gasteiger partial charge on any atom is -0.493 e. The lowest BCUT2D eigenvalue weighted by atomic mass is 10.0. The Kier molecular flexibility index (Phi) is 8.57. The van der Waals surface area contributed by atoms with E-state index < -0.39 is 5.97 Å². The summed E-state index contributed by atoms with van der Waals surface area (Å²) < 4.78 is 5.81. The van der Waals surface area contributed by atoms with E-state index in [-0.39, 0.29) is 18.6 Å². The van der Waals surface area contributed by atoms with Crippen molar-refractivity contribution in [3.05, 3.63) is 29.3 Å². The number of carbonyl (C=O) groups excluding carboxylic acids is 1. The van der Waals surface area contributed by atoms with Gasteiger partial charge in [0.15, 0.2) is 0 Å². The van der Waals surface area contributed by atoms with Crippen LogP contribution in [0.4, 0.5) is 4.79 Å². The fraction of sp³-hybridized carbons (Fsp3) is 0.619. The molecule has 2 rings (SSSR count). The molecule has 0 atom stereocenters. The number of rotatable bonds is 9. The van der Waals surface area contributed by atoms with Gasteiger partial charge >= 0.3 is 12.0 Å². The fourth-order valence-corrected chi connectivity index (χ4v) is 3.55. The van der Waals surface area contributed by atoms with Gasteiger partial charge in [-0.05, 0) is 56.8 Å². The Morgan fingerprint density at radius 3 is 2.64 bits per heavy atom. The van der Waals surface area contributed by atoms with Crippen molar-refractivity contribution in [1.82, 2.24) is 15.1 Å². The quantitative estimate of drug-likeness (QED) is 0.633. The molecule has 1 aromatic rings. The summed E-state index contributed by atoms with van der Waals surface area (Å²) in [7, 11) is 0. The lowest BCUT2D eigenvalue weighted by Crippen LogP contribution is -2.50.